The summed E-state index contributed by atoms with van der Waals surface area (Å²) in [7, 11) is 0. The monoisotopic (exact) mass is 304 g/mol. The summed E-state index contributed by atoms with van der Waals surface area (Å²) in [4.78, 5) is 4.37. The fourth-order valence-corrected chi connectivity index (χ4v) is 2.10. The van der Waals surface area contributed by atoms with Gasteiger partial charge in [-0.25, -0.2) is 0 Å². The number of hydrogen-bond acceptors (Lipinski definition) is 2. The van der Waals surface area contributed by atoms with Gasteiger partial charge in [0, 0.05) is 22.8 Å². The molecular weight excluding hydrogens is 280 g/mol. The number of nitrogens with zero attached hydrogens (tertiary/aromatic N) is 1. The smallest absolute Gasteiger partial charge is 0.0432 e. The molecule has 1 heterocycles. The Morgan fingerprint density at radius 3 is 1.61 bits per heavy atom. The number of pyridine rings is 1. The largest absolute Gasteiger partial charge is 0.356 e. The zero-order valence-corrected chi connectivity index (χ0v) is 14.0. The highest BCUT2D eigenvalue weighted by Crippen LogP contribution is 2.14. The summed E-state index contributed by atoms with van der Waals surface area (Å²) >= 11 is 0. The Hall–Kier alpha value is -2.61. The van der Waals surface area contributed by atoms with E-state index in [-0.39, 0.29) is 0 Å². The third-order valence-corrected chi connectivity index (χ3v) is 3.34. The van der Waals surface area contributed by atoms with Crippen molar-refractivity contribution >= 4 is 11.4 Å². The molecule has 0 aliphatic heterocycles. The molecule has 2 heteroatoms. The van der Waals surface area contributed by atoms with Crippen LogP contribution in [0.5, 0.6) is 0 Å². The van der Waals surface area contributed by atoms with Gasteiger partial charge in [0.05, 0.1) is 0 Å². The predicted octanol–water partition coefficient (Wildman–Crippen LogP) is 5.94. The molecule has 2 aromatic carbocycles. The first-order chi connectivity index (χ1) is 11.1. The second-order valence-electron chi connectivity index (χ2n) is 5.72. The molecule has 3 rings (SSSR count). The lowest BCUT2D eigenvalue weighted by atomic mass is 10.1. The Morgan fingerprint density at radius 2 is 1.22 bits per heavy atom. The minimum atomic E-state index is 0.542. The van der Waals surface area contributed by atoms with E-state index in [9.17, 15) is 0 Å². The van der Waals surface area contributed by atoms with Gasteiger partial charge >= 0.3 is 0 Å². The molecule has 1 N–H and O–H groups in total. The first-order valence-corrected chi connectivity index (χ1v) is 7.96. The summed E-state index contributed by atoms with van der Waals surface area (Å²) < 4.78 is 0. The van der Waals surface area contributed by atoms with Crippen molar-refractivity contribution in [3.05, 3.63) is 90.3 Å². The Kier molecular flexibility index (Phi) is 6.37. The topological polar surface area (TPSA) is 24.9 Å². The van der Waals surface area contributed by atoms with E-state index in [0.717, 1.165) is 17.1 Å². The summed E-state index contributed by atoms with van der Waals surface area (Å²) in [5.74, 6) is 0.542. The molecule has 0 aliphatic rings. The average molecular weight is 304 g/mol. The van der Waals surface area contributed by atoms with Crippen molar-refractivity contribution in [2.75, 3.05) is 5.32 Å². The molecule has 0 fully saturated rings. The van der Waals surface area contributed by atoms with Crippen LogP contribution in [0.15, 0.2) is 78.9 Å². The molecule has 0 unspecified atom stereocenters. The van der Waals surface area contributed by atoms with E-state index in [1.54, 1.807) is 0 Å². The molecule has 0 bridgehead atoms. The molecule has 0 radical (unpaired) electrons. The van der Waals surface area contributed by atoms with E-state index in [1.165, 1.54) is 5.69 Å². The van der Waals surface area contributed by atoms with Gasteiger partial charge in [-0.3, -0.25) is 4.98 Å². The summed E-state index contributed by atoms with van der Waals surface area (Å²) in [5.41, 5.74) is 4.52. The number of aromatic nitrogens is 1. The van der Waals surface area contributed by atoms with Gasteiger partial charge in [0.15, 0.2) is 0 Å². The lowest BCUT2D eigenvalue weighted by Crippen LogP contribution is -1.92. The van der Waals surface area contributed by atoms with Crippen molar-refractivity contribution in [3.63, 3.8) is 0 Å². The first-order valence-electron chi connectivity index (χ1n) is 7.96. The molecule has 1 aromatic heterocycles. The van der Waals surface area contributed by atoms with Crippen LogP contribution in [0.1, 0.15) is 31.2 Å². The van der Waals surface area contributed by atoms with Crippen LogP contribution in [0.25, 0.3) is 0 Å². The van der Waals surface area contributed by atoms with Crippen LogP contribution in [0, 0.1) is 6.92 Å². The molecule has 0 spiro atoms. The zero-order chi connectivity index (χ0) is 16.5. The Morgan fingerprint density at radius 1 is 0.696 bits per heavy atom. The van der Waals surface area contributed by atoms with Gasteiger partial charge in [0.1, 0.15) is 0 Å². The normalized spacial score (nSPS) is 9.91. The fraction of sp³-hybridized carbons (Fsp3) is 0.190. The third kappa shape index (κ3) is 5.95. The highest BCUT2D eigenvalue weighted by molar-refractivity contribution is 5.58. The summed E-state index contributed by atoms with van der Waals surface area (Å²) in [5, 5.41) is 3.30. The zero-order valence-electron chi connectivity index (χ0n) is 14.0. The molecule has 118 valence electrons. The number of para-hydroxylation sites is 2. The molecule has 0 saturated heterocycles. The standard InChI is InChI=1S/C12H11N.C9H13N/c1-3-7-11(8-4-1)13-12-9-5-2-6-10-12;1-7(2)9-6-4-5-8(3)10-9/h1-10,13H;4-7H,1-3H3. The van der Waals surface area contributed by atoms with Gasteiger partial charge < -0.3 is 5.32 Å². The predicted molar refractivity (Wildman–Crippen MR) is 99.2 cm³/mol. The van der Waals surface area contributed by atoms with Crippen LogP contribution in [0.4, 0.5) is 11.4 Å². The van der Waals surface area contributed by atoms with Gasteiger partial charge in [-0.2, -0.15) is 0 Å². The Bertz CT molecular complexity index is 654. The Balaban J connectivity index is 0.000000174. The second kappa shape index (κ2) is 8.74. The average Bonchev–Trinajstić information content (AvgIpc) is 2.57. The SMILES string of the molecule is Cc1cccc(C(C)C)n1.c1ccc(Nc2ccccc2)cc1. The number of aryl methyl sites for hydroxylation is 1. The number of benzene rings is 2. The van der Waals surface area contributed by atoms with Crippen molar-refractivity contribution in [2.24, 2.45) is 0 Å². The maximum atomic E-state index is 4.37. The number of anilines is 2. The molecule has 0 saturated carbocycles. The summed E-state index contributed by atoms with van der Waals surface area (Å²) in [6.45, 7) is 6.33. The van der Waals surface area contributed by atoms with E-state index in [1.807, 2.05) is 73.7 Å². The van der Waals surface area contributed by atoms with E-state index in [4.69, 9.17) is 0 Å². The summed E-state index contributed by atoms with van der Waals surface area (Å²) in [6, 6.07) is 26.4. The van der Waals surface area contributed by atoms with E-state index in [0.29, 0.717) is 5.92 Å². The first kappa shape index (κ1) is 16.8. The molecule has 23 heavy (non-hydrogen) atoms. The van der Waals surface area contributed by atoms with E-state index < -0.39 is 0 Å². The van der Waals surface area contributed by atoms with Crippen molar-refractivity contribution in [1.82, 2.24) is 4.98 Å². The van der Waals surface area contributed by atoms with Crippen molar-refractivity contribution in [3.8, 4) is 0 Å². The van der Waals surface area contributed by atoms with Crippen LogP contribution >= 0.6 is 0 Å². The molecule has 0 amide bonds. The fourth-order valence-electron chi connectivity index (χ4n) is 2.10. The Labute approximate surface area is 139 Å². The van der Waals surface area contributed by atoms with Gasteiger partial charge in [0.2, 0.25) is 0 Å². The van der Waals surface area contributed by atoms with Crippen LogP contribution in [0.3, 0.4) is 0 Å². The third-order valence-electron chi connectivity index (χ3n) is 3.34. The minimum absolute atomic E-state index is 0.542. The maximum Gasteiger partial charge on any atom is 0.0432 e. The van der Waals surface area contributed by atoms with Crippen molar-refractivity contribution < 1.29 is 0 Å². The molecular formula is C21H24N2. The van der Waals surface area contributed by atoms with Crippen LogP contribution < -0.4 is 5.32 Å². The molecule has 0 atom stereocenters. The quantitative estimate of drug-likeness (QED) is 0.647. The van der Waals surface area contributed by atoms with Gasteiger partial charge in [-0.1, -0.05) is 56.3 Å². The molecule has 3 aromatic rings. The van der Waals surface area contributed by atoms with Crippen LogP contribution in [-0.4, -0.2) is 4.98 Å². The highest BCUT2D eigenvalue weighted by Gasteiger charge is 1.98. The minimum Gasteiger partial charge on any atom is -0.356 e. The van der Waals surface area contributed by atoms with E-state index >= 15 is 0 Å². The lowest BCUT2D eigenvalue weighted by Gasteiger charge is -2.04. The lowest BCUT2D eigenvalue weighted by molar-refractivity contribution is 0.815. The van der Waals surface area contributed by atoms with Gasteiger partial charge in [-0.05, 0) is 49.2 Å². The highest BCUT2D eigenvalue weighted by atomic mass is 14.9. The van der Waals surface area contributed by atoms with Crippen LogP contribution in [0.2, 0.25) is 0 Å². The van der Waals surface area contributed by atoms with Crippen molar-refractivity contribution in [2.45, 2.75) is 26.7 Å². The summed E-state index contributed by atoms with van der Waals surface area (Å²) in [6.07, 6.45) is 0. The molecule has 0 aliphatic carbocycles. The molecule has 2 nitrogen and oxygen atoms in total. The number of rotatable bonds is 3. The number of hydrogen-bond donors (Lipinski definition) is 1. The van der Waals surface area contributed by atoms with Gasteiger partial charge in [0.25, 0.3) is 0 Å². The maximum absolute atomic E-state index is 4.37. The second-order valence-corrected chi connectivity index (χ2v) is 5.72. The van der Waals surface area contributed by atoms with Gasteiger partial charge in [-0.15, -0.1) is 0 Å². The number of nitrogens with one attached hydrogen (secondary N) is 1. The van der Waals surface area contributed by atoms with Crippen LogP contribution in [-0.2, 0) is 0 Å². The van der Waals surface area contributed by atoms with E-state index in [2.05, 4.69) is 36.3 Å². The van der Waals surface area contributed by atoms with Crippen molar-refractivity contribution in [1.29, 1.82) is 0 Å².